The zero-order valence-corrected chi connectivity index (χ0v) is 14.3. The molecule has 0 bridgehead atoms. The SMILES string of the molecule is COCCN(Cc1ccccc1)C(=O)c1csc(S(N)(=O)=O)c1. The van der Waals surface area contributed by atoms with E-state index in [1.54, 1.807) is 12.0 Å². The van der Waals surface area contributed by atoms with Crippen LogP contribution in [0.15, 0.2) is 46.0 Å². The molecule has 2 aromatic rings. The molecule has 0 aliphatic rings. The molecule has 0 radical (unpaired) electrons. The number of primary sulfonamides is 1. The minimum atomic E-state index is -3.79. The number of nitrogens with zero attached hydrogens (tertiary/aromatic N) is 1. The molecule has 6 nitrogen and oxygen atoms in total. The van der Waals surface area contributed by atoms with Gasteiger partial charge in [0.2, 0.25) is 10.0 Å². The van der Waals surface area contributed by atoms with Crippen LogP contribution >= 0.6 is 11.3 Å². The average Bonchev–Trinajstić information content (AvgIpc) is 3.02. The van der Waals surface area contributed by atoms with Gasteiger partial charge in [0.1, 0.15) is 4.21 Å². The van der Waals surface area contributed by atoms with Gasteiger partial charge in [-0.2, -0.15) is 0 Å². The maximum atomic E-state index is 12.6. The largest absolute Gasteiger partial charge is 0.383 e. The summed E-state index contributed by atoms with van der Waals surface area (Å²) in [5.74, 6) is -0.253. The lowest BCUT2D eigenvalue weighted by atomic mass is 10.2. The lowest BCUT2D eigenvalue weighted by Crippen LogP contribution is -2.33. The molecule has 1 aromatic heterocycles. The summed E-state index contributed by atoms with van der Waals surface area (Å²) in [6, 6.07) is 10.9. The summed E-state index contributed by atoms with van der Waals surface area (Å²) >= 11 is 0.941. The zero-order valence-electron chi connectivity index (χ0n) is 12.6. The van der Waals surface area contributed by atoms with Crippen molar-refractivity contribution in [1.82, 2.24) is 4.90 Å². The van der Waals surface area contributed by atoms with Crippen LogP contribution in [0.1, 0.15) is 15.9 Å². The normalized spacial score (nSPS) is 11.4. The van der Waals surface area contributed by atoms with Crippen molar-refractivity contribution >= 4 is 27.3 Å². The van der Waals surface area contributed by atoms with Crippen molar-refractivity contribution in [1.29, 1.82) is 0 Å². The first kappa shape index (κ1) is 17.6. The number of sulfonamides is 1. The van der Waals surface area contributed by atoms with Crippen molar-refractivity contribution in [3.05, 3.63) is 52.9 Å². The van der Waals surface area contributed by atoms with Crippen LogP contribution in [-0.2, 0) is 21.3 Å². The summed E-state index contributed by atoms with van der Waals surface area (Å²) in [5.41, 5.74) is 1.30. The van der Waals surface area contributed by atoms with Gasteiger partial charge in [0.15, 0.2) is 0 Å². The molecule has 124 valence electrons. The minimum absolute atomic E-state index is 0.0211. The van der Waals surface area contributed by atoms with Gasteiger partial charge < -0.3 is 9.64 Å². The van der Waals surface area contributed by atoms with Crippen LogP contribution in [0.5, 0.6) is 0 Å². The molecule has 1 amide bonds. The van der Waals surface area contributed by atoms with Gasteiger partial charge in [-0.15, -0.1) is 11.3 Å². The van der Waals surface area contributed by atoms with Crippen molar-refractivity contribution in [2.75, 3.05) is 20.3 Å². The topological polar surface area (TPSA) is 89.7 Å². The fraction of sp³-hybridized carbons (Fsp3) is 0.267. The maximum absolute atomic E-state index is 12.6. The summed E-state index contributed by atoms with van der Waals surface area (Å²) in [4.78, 5) is 14.3. The highest BCUT2D eigenvalue weighted by atomic mass is 32.2. The first-order valence-corrected chi connectivity index (χ1v) is 9.28. The number of rotatable bonds is 7. The van der Waals surface area contributed by atoms with Gasteiger partial charge in [0, 0.05) is 25.6 Å². The molecule has 0 atom stereocenters. The average molecular weight is 354 g/mol. The van der Waals surface area contributed by atoms with Gasteiger partial charge in [-0.3, -0.25) is 4.79 Å². The van der Waals surface area contributed by atoms with E-state index >= 15 is 0 Å². The van der Waals surface area contributed by atoms with E-state index in [1.165, 1.54) is 11.4 Å². The Kier molecular flexibility index (Phi) is 5.89. The van der Waals surface area contributed by atoms with E-state index in [9.17, 15) is 13.2 Å². The molecule has 8 heteroatoms. The van der Waals surface area contributed by atoms with E-state index in [1.807, 2.05) is 30.3 Å². The number of hydrogen-bond donors (Lipinski definition) is 1. The van der Waals surface area contributed by atoms with Gasteiger partial charge in [-0.25, -0.2) is 13.6 Å². The van der Waals surface area contributed by atoms with E-state index in [2.05, 4.69) is 0 Å². The van der Waals surface area contributed by atoms with Crippen molar-refractivity contribution in [3.63, 3.8) is 0 Å². The van der Waals surface area contributed by atoms with Crippen LogP contribution in [-0.4, -0.2) is 39.5 Å². The van der Waals surface area contributed by atoms with Gasteiger partial charge >= 0.3 is 0 Å². The lowest BCUT2D eigenvalue weighted by molar-refractivity contribution is 0.0681. The standard InChI is InChI=1S/C15H18N2O4S2/c1-21-8-7-17(10-12-5-3-2-4-6-12)15(18)13-9-14(22-11-13)23(16,19)20/h2-6,9,11H,7-8,10H2,1H3,(H2,16,19,20). The van der Waals surface area contributed by atoms with Gasteiger partial charge in [0.25, 0.3) is 5.91 Å². The number of carbonyl (C=O) groups excluding carboxylic acids is 1. The van der Waals surface area contributed by atoms with E-state index in [-0.39, 0.29) is 10.1 Å². The molecule has 2 N–H and O–H groups in total. The highest BCUT2D eigenvalue weighted by Crippen LogP contribution is 2.21. The maximum Gasteiger partial charge on any atom is 0.255 e. The molecule has 0 saturated carbocycles. The van der Waals surface area contributed by atoms with Gasteiger partial charge in [-0.05, 0) is 11.6 Å². The predicted molar refractivity (Wildman–Crippen MR) is 88.8 cm³/mol. The van der Waals surface area contributed by atoms with Crippen molar-refractivity contribution in [2.24, 2.45) is 5.14 Å². The van der Waals surface area contributed by atoms with Crippen LogP contribution in [0, 0.1) is 0 Å². The van der Waals surface area contributed by atoms with E-state index < -0.39 is 10.0 Å². The number of thiophene rings is 1. The van der Waals surface area contributed by atoms with Gasteiger partial charge in [0.05, 0.1) is 12.2 Å². The third-order valence-electron chi connectivity index (χ3n) is 3.17. The van der Waals surface area contributed by atoms with Crippen molar-refractivity contribution in [2.45, 2.75) is 10.8 Å². The van der Waals surface area contributed by atoms with Crippen LogP contribution in [0.2, 0.25) is 0 Å². The molecule has 0 spiro atoms. The molecule has 0 aliphatic carbocycles. The Morgan fingerprint density at radius 3 is 2.57 bits per heavy atom. The number of carbonyl (C=O) groups is 1. The summed E-state index contributed by atoms with van der Waals surface area (Å²) in [6.45, 7) is 1.22. The van der Waals surface area contributed by atoms with Crippen LogP contribution < -0.4 is 5.14 Å². The molecule has 23 heavy (non-hydrogen) atoms. The number of nitrogens with two attached hydrogens (primary N) is 1. The highest BCUT2D eigenvalue weighted by Gasteiger charge is 2.20. The summed E-state index contributed by atoms with van der Waals surface area (Å²) in [6.07, 6.45) is 0. The first-order chi connectivity index (χ1) is 10.9. The Bertz CT molecular complexity index is 757. The fourth-order valence-corrected chi connectivity index (χ4v) is 3.60. The zero-order chi connectivity index (χ0) is 16.9. The van der Waals surface area contributed by atoms with Gasteiger partial charge in [-0.1, -0.05) is 30.3 Å². The first-order valence-electron chi connectivity index (χ1n) is 6.85. The second-order valence-electron chi connectivity index (χ2n) is 4.90. The highest BCUT2D eigenvalue weighted by molar-refractivity contribution is 7.91. The quantitative estimate of drug-likeness (QED) is 0.819. The van der Waals surface area contributed by atoms with E-state index in [4.69, 9.17) is 9.88 Å². The second-order valence-corrected chi connectivity index (χ2v) is 7.60. The Labute approximate surface area is 139 Å². The molecule has 1 aromatic carbocycles. The van der Waals surface area contributed by atoms with Crippen molar-refractivity contribution in [3.8, 4) is 0 Å². The van der Waals surface area contributed by atoms with Crippen molar-refractivity contribution < 1.29 is 17.9 Å². The molecule has 0 fully saturated rings. The lowest BCUT2D eigenvalue weighted by Gasteiger charge is -2.22. The molecule has 0 saturated heterocycles. The Balaban J connectivity index is 2.20. The number of ether oxygens (including phenoxy) is 1. The minimum Gasteiger partial charge on any atom is -0.383 e. The number of hydrogen-bond acceptors (Lipinski definition) is 5. The summed E-state index contributed by atoms with van der Waals surface area (Å²) in [5, 5.41) is 6.59. The smallest absolute Gasteiger partial charge is 0.255 e. The van der Waals surface area contributed by atoms with E-state index in [0.717, 1.165) is 16.9 Å². The molecular weight excluding hydrogens is 336 g/mol. The van der Waals surface area contributed by atoms with Crippen LogP contribution in [0.3, 0.4) is 0 Å². The summed E-state index contributed by atoms with van der Waals surface area (Å²) in [7, 11) is -2.23. The Morgan fingerprint density at radius 1 is 1.30 bits per heavy atom. The third-order valence-corrected chi connectivity index (χ3v) is 5.56. The molecular formula is C15H18N2O4S2. The fourth-order valence-electron chi connectivity index (χ4n) is 2.02. The van der Waals surface area contributed by atoms with E-state index in [0.29, 0.717) is 25.3 Å². The summed E-state index contributed by atoms with van der Waals surface area (Å²) < 4.78 is 27.7. The number of methoxy groups -OCH3 is 1. The third kappa shape index (κ3) is 4.87. The monoisotopic (exact) mass is 354 g/mol. The molecule has 0 unspecified atom stereocenters. The predicted octanol–water partition coefficient (Wildman–Crippen LogP) is 1.68. The second kappa shape index (κ2) is 7.69. The van der Waals surface area contributed by atoms with Crippen LogP contribution in [0.4, 0.5) is 0 Å². The number of benzene rings is 1. The Hall–Kier alpha value is -1.74. The Morgan fingerprint density at radius 2 is 2.00 bits per heavy atom. The molecule has 2 rings (SSSR count). The molecule has 1 heterocycles. The number of amides is 1. The molecule has 0 aliphatic heterocycles. The van der Waals surface area contributed by atoms with Crippen LogP contribution in [0.25, 0.3) is 0 Å².